The van der Waals surface area contributed by atoms with Gasteiger partial charge in [-0.2, -0.15) is 0 Å². The minimum Gasteiger partial charge on any atom is -0.361 e. The summed E-state index contributed by atoms with van der Waals surface area (Å²) >= 11 is 0. The highest BCUT2D eigenvalue weighted by molar-refractivity contribution is 5.76. The molecule has 4 nitrogen and oxygen atoms in total. The van der Waals surface area contributed by atoms with E-state index < -0.39 is 0 Å². The van der Waals surface area contributed by atoms with Gasteiger partial charge in [0.25, 0.3) is 0 Å². The van der Waals surface area contributed by atoms with Crippen LogP contribution in [0, 0.1) is 13.8 Å². The Morgan fingerprint density at radius 1 is 1.29 bits per heavy atom. The summed E-state index contributed by atoms with van der Waals surface area (Å²) in [5, 5.41) is 3.92. The van der Waals surface area contributed by atoms with Gasteiger partial charge in [0.1, 0.15) is 5.76 Å². The van der Waals surface area contributed by atoms with E-state index in [4.69, 9.17) is 4.52 Å². The first-order valence-electron chi connectivity index (χ1n) is 7.23. The normalized spacial score (nSPS) is 12.2. The Hall–Kier alpha value is -2.10. The minimum absolute atomic E-state index is 0.0726. The average Bonchev–Trinajstić information content (AvgIpc) is 2.83. The van der Waals surface area contributed by atoms with Gasteiger partial charge in [0.15, 0.2) is 0 Å². The van der Waals surface area contributed by atoms with Crippen LogP contribution in [0.1, 0.15) is 42.0 Å². The van der Waals surface area contributed by atoms with Crippen LogP contribution in [0.25, 0.3) is 0 Å². The second-order valence-electron chi connectivity index (χ2n) is 5.39. The number of hydrogen-bond donors (Lipinski definition) is 0. The molecule has 1 unspecified atom stereocenters. The Bertz CT molecular complexity index is 585. The standard InChI is InChI=1S/C17H22N2O2/c1-12-16(14(3)21-18-12)10-11-17(20)19(4)13(2)15-8-6-5-7-9-15/h5-9,13H,10-11H2,1-4H3. The third-order valence-electron chi connectivity index (χ3n) is 4.03. The van der Waals surface area contributed by atoms with Crippen molar-refractivity contribution < 1.29 is 9.32 Å². The Kier molecular flexibility index (Phi) is 4.78. The molecule has 0 aliphatic rings. The van der Waals surface area contributed by atoms with Gasteiger partial charge < -0.3 is 9.42 Å². The third kappa shape index (κ3) is 3.51. The van der Waals surface area contributed by atoms with Crippen molar-refractivity contribution in [3.05, 3.63) is 52.9 Å². The molecule has 0 saturated heterocycles. The summed E-state index contributed by atoms with van der Waals surface area (Å²) in [5.74, 6) is 0.936. The molecule has 1 aromatic heterocycles. The average molecular weight is 286 g/mol. The van der Waals surface area contributed by atoms with E-state index in [0.29, 0.717) is 12.8 Å². The lowest BCUT2D eigenvalue weighted by molar-refractivity contribution is -0.131. The van der Waals surface area contributed by atoms with E-state index in [1.807, 2.05) is 58.2 Å². The highest BCUT2D eigenvalue weighted by atomic mass is 16.5. The zero-order chi connectivity index (χ0) is 15.4. The summed E-state index contributed by atoms with van der Waals surface area (Å²) in [7, 11) is 1.85. The van der Waals surface area contributed by atoms with Crippen molar-refractivity contribution in [3.8, 4) is 0 Å². The molecule has 0 saturated carbocycles. The molecule has 0 N–H and O–H groups in total. The van der Waals surface area contributed by atoms with E-state index in [-0.39, 0.29) is 11.9 Å². The third-order valence-corrected chi connectivity index (χ3v) is 4.03. The van der Waals surface area contributed by atoms with Crippen LogP contribution in [0.4, 0.5) is 0 Å². The molecule has 4 heteroatoms. The van der Waals surface area contributed by atoms with Gasteiger partial charge in [0.05, 0.1) is 11.7 Å². The van der Waals surface area contributed by atoms with Gasteiger partial charge in [-0.15, -0.1) is 0 Å². The number of aromatic nitrogens is 1. The van der Waals surface area contributed by atoms with E-state index in [1.165, 1.54) is 0 Å². The Balaban J connectivity index is 1.97. The number of carbonyl (C=O) groups excluding carboxylic acids is 1. The van der Waals surface area contributed by atoms with Gasteiger partial charge in [-0.1, -0.05) is 35.5 Å². The van der Waals surface area contributed by atoms with Gasteiger partial charge in [-0.05, 0) is 32.8 Å². The minimum atomic E-state index is 0.0726. The largest absolute Gasteiger partial charge is 0.361 e. The SMILES string of the molecule is Cc1noc(C)c1CCC(=O)N(C)C(C)c1ccccc1. The number of aryl methyl sites for hydroxylation is 2. The summed E-state index contributed by atoms with van der Waals surface area (Å²) in [6, 6.07) is 10.1. The second-order valence-corrected chi connectivity index (χ2v) is 5.39. The summed E-state index contributed by atoms with van der Waals surface area (Å²) in [6.45, 7) is 5.84. The lowest BCUT2D eigenvalue weighted by atomic mass is 10.1. The van der Waals surface area contributed by atoms with Gasteiger partial charge in [0, 0.05) is 19.0 Å². The number of nitrogens with zero attached hydrogens (tertiary/aromatic N) is 2. The summed E-state index contributed by atoms with van der Waals surface area (Å²) in [6.07, 6.45) is 1.14. The van der Waals surface area contributed by atoms with Crippen molar-refractivity contribution in [3.63, 3.8) is 0 Å². The zero-order valence-corrected chi connectivity index (χ0v) is 13.1. The van der Waals surface area contributed by atoms with Crippen LogP contribution >= 0.6 is 0 Å². The smallest absolute Gasteiger partial charge is 0.223 e. The van der Waals surface area contributed by atoms with Crippen molar-refractivity contribution >= 4 is 5.91 Å². The molecule has 0 aliphatic carbocycles. The first-order chi connectivity index (χ1) is 10.0. The molecule has 1 atom stereocenters. The molecular formula is C17H22N2O2. The number of rotatable bonds is 5. The number of benzene rings is 1. The lowest BCUT2D eigenvalue weighted by Crippen LogP contribution is -2.29. The molecule has 0 aliphatic heterocycles. The summed E-state index contributed by atoms with van der Waals surface area (Å²) < 4.78 is 5.13. The van der Waals surface area contributed by atoms with Crippen molar-refractivity contribution in [2.75, 3.05) is 7.05 Å². The zero-order valence-electron chi connectivity index (χ0n) is 13.1. The molecule has 2 aromatic rings. The van der Waals surface area contributed by atoms with Crippen molar-refractivity contribution in [2.24, 2.45) is 0 Å². The molecule has 2 rings (SSSR count). The van der Waals surface area contributed by atoms with Gasteiger partial charge >= 0.3 is 0 Å². The van der Waals surface area contributed by atoms with E-state index >= 15 is 0 Å². The van der Waals surface area contributed by atoms with Crippen LogP contribution in [-0.2, 0) is 11.2 Å². The molecule has 112 valence electrons. The number of amides is 1. The van der Waals surface area contributed by atoms with E-state index in [2.05, 4.69) is 5.16 Å². The van der Waals surface area contributed by atoms with Crippen molar-refractivity contribution in [2.45, 2.75) is 39.7 Å². The summed E-state index contributed by atoms with van der Waals surface area (Å²) in [4.78, 5) is 14.1. The number of hydrogen-bond acceptors (Lipinski definition) is 3. The number of carbonyl (C=O) groups is 1. The fourth-order valence-corrected chi connectivity index (χ4v) is 2.44. The molecule has 1 heterocycles. The molecule has 21 heavy (non-hydrogen) atoms. The topological polar surface area (TPSA) is 46.3 Å². The Morgan fingerprint density at radius 2 is 1.95 bits per heavy atom. The maximum absolute atomic E-state index is 12.4. The molecule has 0 bridgehead atoms. The monoisotopic (exact) mass is 286 g/mol. The van der Waals surface area contributed by atoms with Gasteiger partial charge in [-0.3, -0.25) is 4.79 Å². The van der Waals surface area contributed by atoms with Crippen molar-refractivity contribution in [1.82, 2.24) is 10.1 Å². The van der Waals surface area contributed by atoms with Crippen LogP contribution in [0.5, 0.6) is 0 Å². The molecule has 1 aromatic carbocycles. The van der Waals surface area contributed by atoms with Crippen LogP contribution < -0.4 is 0 Å². The van der Waals surface area contributed by atoms with Crippen LogP contribution in [0.15, 0.2) is 34.9 Å². The predicted molar refractivity (Wildman–Crippen MR) is 81.9 cm³/mol. The first-order valence-corrected chi connectivity index (χ1v) is 7.23. The molecule has 1 amide bonds. The van der Waals surface area contributed by atoms with E-state index in [1.54, 1.807) is 4.90 Å². The molecule has 0 fully saturated rings. The predicted octanol–water partition coefficient (Wildman–Crippen LogP) is 3.44. The van der Waals surface area contributed by atoms with Crippen LogP contribution in [-0.4, -0.2) is 23.0 Å². The Morgan fingerprint density at radius 3 is 2.52 bits per heavy atom. The maximum atomic E-state index is 12.4. The molecule has 0 spiro atoms. The van der Waals surface area contributed by atoms with Crippen LogP contribution in [0.3, 0.4) is 0 Å². The molecular weight excluding hydrogens is 264 g/mol. The van der Waals surface area contributed by atoms with Gasteiger partial charge in [-0.25, -0.2) is 0 Å². The highest BCUT2D eigenvalue weighted by Crippen LogP contribution is 2.20. The fourth-order valence-electron chi connectivity index (χ4n) is 2.44. The lowest BCUT2D eigenvalue weighted by Gasteiger charge is -2.25. The Labute approximate surface area is 125 Å². The summed E-state index contributed by atoms with van der Waals surface area (Å²) in [5.41, 5.74) is 3.06. The van der Waals surface area contributed by atoms with Crippen LogP contribution in [0.2, 0.25) is 0 Å². The first kappa shape index (κ1) is 15.3. The second kappa shape index (κ2) is 6.57. The molecule has 0 radical (unpaired) electrons. The highest BCUT2D eigenvalue weighted by Gasteiger charge is 2.18. The van der Waals surface area contributed by atoms with E-state index in [0.717, 1.165) is 22.6 Å². The van der Waals surface area contributed by atoms with Crippen molar-refractivity contribution in [1.29, 1.82) is 0 Å². The fraction of sp³-hybridized carbons (Fsp3) is 0.412. The quantitative estimate of drug-likeness (QED) is 0.845. The maximum Gasteiger partial charge on any atom is 0.223 e. The van der Waals surface area contributed by atoms with E-state index in [9.17, 15) is 4.79 Å². The van der Waals surface area contributed by atoms with Gasteiger partial charge in [0.2, 0.25) is 5.91 Å².